The van der Waals surface area contributed by atoms with E-state index in [2.05, 4.69) is 43.9 Å². The average Bonchev–Trinajstić information content (AvgIpc) is 2.17. The molecule has 0 heterocycles. The molecule has 0 saturated heterocycles. The van der Waals surface area contributed by atoms with Crippen molar-refractivity contribution in [3.05, 3.63) is 0 Å². The fraction of sp³-hybridized carbons (Fsp3) is 1.00. The first-order chi connectivity index (χ1) is 6.18. The molecule has 0 aliphatic rings. The van der Waals surface area contributed by atoms with E-state index in [1.807, 2.05) is 0 Å². The van der Waals surface area contributed by atoms with Crippen molar-refractivity contribution < 1.29 is 0 Å². The second-order valence-corrected chi connectivity index (χ2v) is 3.67. The Morgan fingerprint density at radius 3 is 2.08 bits per heavy atom. The summed E-state index contributed by atoms with van der Waals surface area (Å²) in [7, 11) is 0. The first-order valence-electron chi connectivity index (χ1n) is 5.39. The van der Waals surface area contributed by atoms with E-state index in [1.54, 1.807) is 0 Å². The van der Waals surface area contributed by atoms with Gasteiger partial charge in [-0.2, -0.15) is 0 Å². The van der Waals surface area contributed by atoms with E-state index >= 15 is 0 Å². The van der Waals surface area contributed by atoms with Crippen LogP contribution in [0.5, 0.6) is 0 Å². The molecular weight excluding hydrogens is 162 g/mol. The van der Waals surface area contributed by atoms with Gasteiger partial charge in [-0.05, 0) is 26.3 Å². The lowest BCUT2D eigenvalue weighted by Crippen LogP contribution is -2.51. The molecule has 0 aromatic heterocycles. The highest BCUT2D eigenvalue weighted by Crippen LogP contribution is 2.11. The Kier molecular flexibility index (Phi) is 7.23. The van der Waals surface area contributed by atoms with Gasteiger partial charge in [-0.1, -0.05) is 20.8 Å². The van der Waals surface area contributed by atoms with E-state index in [0.717, 1.165) is 32.5 Å². The van der Waals surface area contributed by atoms with Crippen molar-refractivity contribution >= 4 is 0 Å². The van der Waals surface area contributed by atoms with Crippen molar-refractivity contribution in [1.29, 1.82) is 0 Å². The molecule has 80 valence electrons. The van der Waals surface area contributed by atoms with Crippen molar-refractivity contribution in [3.8, 4) is 0 Å². The Labute approximate surface area is 82.6 Å². The molecule has 0 aliphatic carbocycles. The fourth-order valence-electron chi connectivity index (χ4n) is 1.03. The average molecular weight is 187 g/mol. The van der Waals surface area contributed by atoms with Crippen molar-refractivity contribution in [2.45, 2.75) is 46.1 Å². The lowest BCUT2D eigenvalue weighted by molar-refractivity contribution is 0.285. The Hall–Kier alpha value is -0.120. The molecule has 0 unspecified atom stereocenters. The van der Waals surface area contributed by atoms with Crippen molar-refractivity contribution in [2.24, 2.45) is 0 Å². The van der Waals surface area contributed by atoms with Crippen LogP contribution in [0.25, 0.3) is 0 Å². The summed E-state index contributed by atoms with van der Waals surface area (Å²) >= 11 is 0. The molecule has 3 N–H and O–H groups in total. The highest BCUT2D eigenvalue weighted by molar-refractivity contribution is 4.77. The van der Waals surface area contributed by atoms with Crippen LogP contribution in [0.3, 0.4) is 0 Å². The fourth-order valence-corrected chi connectivity index (χ4v) is 1.03. The number of rotatable bonds is 8. The summed E-state index contributed by atoms with van der Waals surface area (Å²) < 4.78 is 0. The third-order valence-corrected chi connectivity index (χ3v) is 2.63. The Bertz CT molecular complexity index is 111. The second-order valence-electron chi connectivity index (χ2n) is 3.67. The van der Waals surface area contributed by atoms with Gasteiger partial charge < -0.3 is 5.32 Å². The molecule has 0 spiro atoms. The Balaban J connectivity index is 3.39. The van der Waals surface area contributed by atoms with Gasteiger partial charge in [0.05, 0.1) is 0 Å². The van der Waals surface area contributed by atoms with Crippen molar-refractivity contribution in [1.82, 2.24) is 16.2 Å². The van der Waals surface area contributed by atoms with Crippen LogP contribution in [0.1, 0.15) is 40.5 Å². The van der Waals surface area contributed by atoms with Gasteiger partial charge in [-0.25, -0.2) is 0 Å². The maximum Gasteiger partial charge on any atom is 0.0290 e. The number of nitrogens with one attached hydrogen (secondary N) is 3. The van der Waals surface area contributed by atoms with Crippen LogP contribution < -0.4 is 16.2 Å². The minimum atomic E-state index is 0.242. The van der Waals surface area contributed by atoms with Crippen LogP contribution in [0.15, 0.2) is 0 Å². The molecule has 0 rings (SSSR count). The quantitative estimate of drug-likeness (QED) is 0.395. The minimum Gasteiger partial charge on any atom is -0.316 e. The number of likely N-dealkylation sites (N-methyl/N-ethyl adjacent to an activating group) is 1. The first-order valence-corrected chi connectivity index (χ1v) is 5.39. The molecule has 0 radical (unpaired) electrons. The zero-order valence-corrected chi connectivity index (χ0v) is 9.54. The molecule has 0 fully saturated rings. The van der Waals surface area contributed by atoms with E-state index in [0.29, 0.717) is 0 Å². The Morgan fingerprint density at radius 1 is 1.00 bits per heavy atom. The SMILES string of the molecule is CCNCCNNC(C)(CC)CC. The third-order valence-electron chi connectivity index (χ3n) is 2.63. The minimum absolute atomic E-state index is 0.242. The molecule has 0 saturated carbocycles. The van der Waals surface area contributed by atoms with E-state index < -0.39 is 0 Å². The molecule has 0 bridgehead atoms. The Morgan fingerprint density at radius 2 is 1.62 bits per heavy atom. The number of hydrazine groups is 1. The monoisotopic (exact) mass is 187 g/mol. The van der Waals surface area contributed by atoms with E-state index in [9.17, 15) is 0 Å². The number of hydrogen-bond donors (Lipinski definition) is 3. The van der Waals surface area contributed by atoms with Gasteiger partial charge in [0.25, 0.3) is 0 Å². The summed E-state index contributed by atoms with van der Waals surface area (Å²) in [5.41, 5.74) is 6.86. The molecular formula is C10H25N3. The van der Waals surface area contributed by atoms with E-state index in [1.165, 1.54) is 0 Å². The highest BCUT2D eigenvalue weighted by Gasteiger charge is 2.17. The normalized spacial score (nSPS) is 12.0. The zero-order chi connectivity index (χ0) is 10.2. The third kappa shape index (κ3) is 6.02. The van der Waals surface area contributed by atoms with Gasteiger partial charge >= 0.3 is 0 Å². The molecule has 13 heavy (non-hydrogen) atoms. The maximum absolute atomic E-state index is 3.36. The van der Waals surface area contributed by atoms with Gasteiger partial charge in [0.15, 0.2) is 0 Å². The second kappa shape index (κ2) is 7.30. The lowest BCUT2D eigenvalue weighted by Gasteiger charge is -2.28. The summed E-state index contributed by atoms with van der Waals surface area (Å²) in [5, 5.41) is 3.27. The molecule has 3 heteroatoms. The van der Waals surface area contributed by atoms with Crippen molar-refractivity contribution in [2.75, 3.05) is 19.6 Å². The van der Waals surface area contributed by atoms with Gasteiger partial charge in [0, 0.05) is 18.6 Å². The smallest absolute Gasteiger partial charge is 0.0290 e. The topological polar surface area (TPSA) is 36.1 Å². The maximum atomic E-state index is 3.36. The van der Waals surface area contributed by atoms with Crippen LogP contribution >= 0.6 is 0 Å². The van der Waals surface area contributed by atoms with Crippen LogP contribution in [-0.2, 0) is 0 Å². The van der Waals surface area contributed by atoms with E-state index in [-0.39, 0.29) is 5.54 Å². The van der Waals surface area contributed by atoms with Gasteiger partial charge in [-0.15, -0.1) is 0 Å². The molecule has 3 nitrogen and oxygen atoms in total. The predicted octanol–water partition coefficient (Wildman–Crippen LogP) is 1.27. The first kappa shape index (κ1) is 12.9. The zero-order valence-electron chi connectivity index (χ0n) is 9.54. The molecule has 0 amide bonds. The summed E-state index contributed by atoms with van der Waals surface area (Å²) in [6, 6.07) is 0. The van der Waals surface area contributed by atoms with Crippen molar-refractivity contribution in [3.63, 3.8) is 0 Å². The number of hydrogen-bond acceptors (Lipinski definition) is 3. The molecule has 0 aliphatic heterocycles. The highest BCUT2D eigenvalue weighted by atomic mass is 15.4. The molecule has 0 atom stereocenters. The summed E-state index contributed by atoms with van der Waals surface area (Å²) in [6.07, 6.45) is 2.30. The molecule has 0 aromatic rings. The largest absolute Gasteiger partial charge is 0.316 e. The van der Waals surface area contributed by atoms with Crippen LogP contribution in [0, 0.1) is 0 Å². The van der Waals surface area contributed by atoms with Crippen LogP contribution in [0.2, 0.25) is 0 Å². The summed E-state index contributed by atoms with van der Waals surface area (Å²) in [4.78, 5) is 0. The predicted molar refractivity (Wildman–Crippen MR) is 58.7 cm³/mol. The van der Waals surface area contributed by atoms with Gasteiger partial charge in [0.1, 0.15) is 0 Å². The lowest BCUT2D eigenvalue weighted by atomic mass is 9.97. The van der Waals surface area contributed by atoms with Gasteiger partial charge in [0.2, 0.25) is 0 Å². The van der Waals surface area contributed by atoms with Crippen LogP contribution in [-0.4, -0.2) is 25.2 Å². The van der Waals surface area contributed by atoms with E-state index in [4.69, 9.17) is 0 Å². The van der Waals surface area contributed by atoms with Gasteiger partial charge in [-0.3, -0.25) is 10.9 Å². The van der Waals surface area contributed by atoms with Crippen LogP contribution in [0.4, 0.5) is 0 Å². The summed E-state index contributed by atoms with van der Waals surface area (Å²) in [5.74, 6) is 0. The standard InChI is InChI=1S/C10H25N3/c1-5-10(4,6-2)13-12-9-8-11-7-3/h11-13H,5-9H2,1-4H3. The molecule has 0 aromatic carbocycles. The summed E-state index contributed by atoms with van der Waals surface area (Å²) in [6.45, 7) is 11.8.